The van der Waals surface area contributed by atoms with Crippen molar-refractivity contribution < 1.29 is 4.74 Å². The molecule has 0 saturated heterocycles. The molecular formula is C17H21ClN2O. The summed E-state index contributed by atoms with van der Waals surface area (Å²) in [6.07, 6.45) is 0.183. The Morgan fingerprint density at radius 3 is 2.52 bits per heavy atom. The van der Waals surface area contributed by atoms with Crippen LogP contribution in [0.5, 0.6) is 5.75 Å². The van der Waals surface area contributed by atoms with Crippen molar-refractivity contribution in [3.8, 4) is 5.75 Å². The van der Waals surface area contributed by atoms with Crippen LogP contribution in [0.4, 0.5) is 11.4 Å². The molecule has 0 saturated carbocycles. The lowest BCUT2D eigenvalue weighted by Gasteiger charge is -2.13. The first-order valence-electron chi connectivity index (χ1n) is 7.14. The maximum atomic E-state index is 6.09. The molecule has 0 atom stereocenters. The molecule has 21 heavy (non-hydrogen) atoms. The number of nitrogens with one attached hydrogen (secondary N) is 2. The average molecular weight is 305 g/mol. The van der Waals surface area contributed by atoms with Gasteiger partial charge in [-0.05, 0) is 38.1 Å². The molecule has 2 aromatic rings. The molecule has 112 valence electrons. The number of halogens is 1. The average Bonchev–Trinajstić information content (AvgIpc) is 2.45. The highest BCUT2D eigenvalue weighted by molar-refractivity contribution is 6.33. The molecule has 0 aliphatic heterocycles. The Kier molecular flexibility index (Phi) is 5.76. The minimum atomic E-state index is 0.183. The van der Waals surface area contributed by atoms with Crippen molar-refractivity contribution >= 4 is 23.0 Å². The number of para-hydroxylation sites is 1. The molecule has 0 spiro atoms. The Labute approximate surface area is 131 Å². The van der Waals surface area contributed by atoms with E-state index in [1.807, 2.05) is 62.4 Å². The largest absolute Gasteiger partial charge is 0.491 e. The number of ether oxygens (including phenoxy) is 1. The molecule has 0 radical (unpaired) electrons. The van der Waals surface area contributed by atoms with Gasteiger partial charge in [0.1, 0.15) is 5.75 Å². The van der Waals surface area contributed by atoms with Crippen molar-refractivity contribution in [2.45, 2.75) is 20.0 Å². The van der Waals surface area contributed by atoms with Gasteiger partial charge in [0.2, 0.25) is 0 Å². The van der Waals surface area contributed by atoms with E-state index in [0.717, 1.165) is 35.2 Å². The first-order chi connectivity index (χ1) is 10.1. The molecule has 0 aliphatic carbocycles. The first kappa shape index (κ1) is 15.5. The molecule has 2 aromatic carbocycles. The molecule has 0 bridgehead atoms. The SMILES string of the molecule is CC(C)Oc1cccc(NCCNc2ccccc2Cl)c1. The van der Waals surface area contributed by atoms with Gasteiger partial charge in [-0.2, -0.15) is 0 Å². The summed E-state index contributed by atoms with van der Waals surface area (Å²) < 4.78 is 5.67. The minimum Gasteiger partial charge on any atom is -0.491 e. The van der Waals surface area contributed by atoms with Crippen molar-refractivity contribution in [3.63, 3.8) is 0 Å². The predicted octanol–water partition coefficient (Wildman–Crippen LogP) is 4.65. The van der Waals surface area contributed by atoms with Crippen LogP contribution in [0.1, 0.15) is 13.8 Å². The molecule has 3 nitrogen and oxygen atoms in total. The van der Waals surface area contributed by atoms with E-state index in [9.17, 15) is 0 Å². The summed E-state index contributed by atoms with van der Waals surface area (Å²) in [4.78, 5) is 0. The lowest BCUT2D eigenvalue weighted by atomic mass is 10.3. The summed E-state index contributed by atoms with van der Waals surface area (Å²) in [6, 6.07) is 15.7. The fourth-order valence-corrected chi connectivity index (χ4v) is 2.16. The molecule has 4 heteroatoms. The Balaban J connectivity index is 1.80. The number of hydrogen-bond acceptors (Lipinski definition) is 3. The van der Waals surface area contributed by atoms with Gasteiger partial charge in [0.05, 0.1) is 16.8 Å². The number of hydrogen-bond donors (Lipinski definition) is 2. The Morgan fingerprint density at radius 2 is 1.76 bits per heavy atom. The van der Waals surface area contributed by atoms with Gasteiger partial charge in [-0.15, -0.1) is 0 Å². The quantitative estimate of drug-likeness (QED) is 0.730. The monoisotopic (exact) mass is 304 g/mol. The fraction of sp³-hybridized carbons (Fsp3) is 0.294. The van der Waals surface area contributed by atoms with E-state index in [-0.39, 0.29) is 6.10 Å². The van der Waals surface area contributed by atoms with E-state index in [4.69, 9.17) is 16.3 Å². The van der Waals surface area contributed by atoms with Crippen molar-refractivity contribution in [1.82, 2.24) is 0 Å². The van der Waals surface area contributed by atoms with E-state index in [1.165, 1.54) is 0 Å². The van der Waals surface area contributed by atoms with E-state index in [1.54, 1.807) is 0 Å². The summed E-state index contributed by atoms with van der Waals surface area (Å²) in [5.41, 5.74) is 2.01. The van der Waals surface area contributed by atoms with Crippen molar-refractivity contribution in [2.24, 2.45) is 0 Å². The Bertz CT molecular complexity index is 572. The summed E-state index contributed by atoms with van der Waals surface area (Å²) >= 11 is 6.09. The lowest BCUT2D eigenvalue weighted by molar-refractivity contribution is 0.242. The van der Waals surface area contributed by atoms with Gasteiger partial charge < -0.3 is 15.4 Å². The smallest absolute Gasteiger partial charge is 0.121 e. The topological polar surface area (TPSA) is 33.3 Å². The molecule has 0 aromatic heterocycles. The predicted molar refractivity (Wildman–Crippen MR) is 90.6 cm³/mol. The second kappa shape index (κ2) is 7.79. The zero-order valence-electron chi connectivity index (χ0n) is 12.4. The van der Waals surface area contributed by atoms with Crippen LogP contribution in [0.15, 0.2) is 48.5 Å². The molecular weight excluding hydrogens is 284 g/mol. The summed E-state index contributed by atoms with van der Waals surface area (Å²) in [5.74, 6) is 0.883. The van der Waals surface area contributed by atoms with E-state index < -0.39 is 0 Å². The van der Waals surface area contributed by atoms with Gasteiger partial charge >= 0.3 is 0 Å². The maximum Gasteiger partial charge on any atom is 0.121 e. The Morgan fingerprint density at radius 1 is 1.00 bits per heavy atom. The second-order valence-electron chi connectivity index (χ2n) is 5.03. The molecule has 0 heterocycles. The van der Waals surface area contributed by atoms with Gasteiger partial charge in [0.15, 0.2) is 0 Å². The van der Waals surface area contributed by atoms with Gasteiger partial charge in [0, 0.05) is 24.8 Å². The standard InChI is InChI=1S/C17H21ClN2O/c1-13(2)21-15-7-5-6-14(12-15)19-10-11-20-17-9-4-3-8-16(17)18/h3-9,12-13,19-20H,10-11H2,1-2H3. The van der Waals surface area contributed by atoms with Crippen LogP contribution in [0.25, 0.3) is 0 Å². The van der Waals surface area contributed by atoms with E-state index >= 15 is 0 Å². The fourth-order valence-electron chi connectivity index (χ4n) is 1.96. The van der Waals surface area contributed by atoms with Crippen LogP contribution in [0, 0.1) is 0 Å². The molecule has 0 unspecified atom stereocenters. The normalized spacial score (nSPS) is 10.5. The number of benzene rings is 2. The first-order valence-corrected chi connectivity index (χ1v) is 7.52. The number of rotatable bonds is 7. The lowest BCUT2D eigenvalue weighted by Crippen LogP contribution is -2.14. The van der Waals surface area contributed by atoms with Gasteiger partial charge in [-0.25, -0.2) is 0 Å². The van der Waals surface area contributed by atoms with Gasteiger partial charge in [0.25, 0.3) is 0 Å². The molecule has 2 rings (SSSR count). The third-order valence-corrected chi connectivity index (χ3v) is 3.18. The maximum absolute atomic E-state index is 6.09. The van der Waals surface area contributed by atoms with Crippen LogP contribution in [0.2, 0.25) is 5.02 Å². The highest BCUT2D eigenvalue weighted by atomic mass is 35.5. The minimum absolute atomic E-state index is 0.183. The zero-order chi connectivity index (χ0) is 15.1. The van der Waals surface area contributed by atoms with Crippen LogP contribution in [-0.4, -0.2) is 19.2 Å². The van der Waals surface area contributed by atoms with Crippen LogP contribution >= 0.6 is 11.6 Å². The third-order valence-electron chi connectivity index (χ3n) is 2.85. The molecule has 2 N–H and O–H groups in total. The zero-order valence-corrected chi connectivity index (χ0v) is 13.2. The summed E-state index contributed by atoms with van der Waals surface area (Å²) in [5, 5.41) is 7.41. The van der Waals surface area contributed by atoms with Crippen molar-refractivity contribution in [2.75, 3.05) is 23.7 Å². The van der Waals surface area contributed by atoms with Gasteiger partial charge in [-0.1, -0.05) is 29.8 Å². The highest BCUT2D eigenvalue weighted by Crippen LogP contribution is 2.20. The molecule has 0 amide bonds. The van der Waals surface area contributed by atoms with Crippen molar-refractivity contribution in [1.29, 1.82) is 0 Å². The number of anilines is 2. The summed E-state index contributed by atoms with van der Waals surface area (Å²) in [7, 11) is 0. The van der Waals surface area contributed by atoms with Crippen molar-refractivity contribution in [3.05, 3.63) is 53.6 Å². The van der Waals surface area contributed by atoms with Gasteiger partial charge in [-0.3, -0.25) is 0 Å². The highest BCUT2D eigenvalue weighted by Gasteiger charge is 2.00. The second-order valence-corrected chi connectivity index (χ2v) is 5.44. The molecule has 0 aliphatic rings. The van der Waals surface area contributed by atoms with E-state index in [2.05, 4.69) is 10.6 Å². The summed E-state index contributed by atoms with van der Waals surface area (Å²) in [6.45, 7) is 5.64. The third kappa shape index (κ3) is 5.20. The molecule has 0 fully saturated rings. The van der Waals surface area contributed by atoms with Crippen LogP contribution in [-0.2, 0) is 0 Å². The van der Waals surface area contributed by atoms with E-state index in [0.29, 0.717) is 0 Å². The Hall–Kier alpha value is -1.87. The van der Waals surface area contributed by atoms with Crippen LogP contribution in [0.3, 0.4) is 0 Å². The van der Waals surface area contributed by atoms with Crippen LogP contribution < -0.4 is 15.4 Å².